The van der Waals surface area contributed by atoms with E-state index in [2.05, 4.69) is 16.0 Å². The number of nitrogens with zero attached hydrogens (tertiary/aromatic N) is 1. The van der Waals surface area contributed by atoms with Crippen molar-refractivity contribution in [1.29, 1.82) is 0 Å². The number of hydrogen-bond acceptors (Lipinski definition) is 7. The number of nitrogens with one attached hydrogen (secondary N) is 3. The molecule has 1 rings (SSSR count). The summed E-state index contributed by atoms with van der Waals surface area (Å²) in [6.07, 6.45) is 0.580. The van der Waals surface area contributed by atoms with E-state index in [4.69, 9.17) is 4.74 Å². The van der Waals surface area contributed by atoms with Crippen molar-refractivity contribution in [3.8, 4) is 0 Å². The van der Waals surface area contributed by atoms with Gasteiger partial charge in [-0.05, 0) is 52.1 Å². The Morgan fingerprint density at radius 3 is 1.76 bits per heavy atom. The topological polar surface area (TPSA) is 140 Å². The second kappa shape index (κ2) is 14.2. The van der Waals surface area contributed by atoms with Crippen LogP contribution in [0.1, 0.15) is 74.7 Å². The summed E-state index contributed by atoms with van der Waals surface area (Å²) < 4.78 is 5.28. The Balaban J connectivity index is 3.08. The standard InChI is InChI=1S/C27H50N4O6/c1-11-16(5)20(29-26(36)22(31(9)10)17(6)12-2)24(34)30-21(18(7)32)25(35)28-19(13-15(3)4)23(33)27(8)14-37-27/h15-22,32H,11-14H2,1-10H3,(H,28,35)(H,29,36)(H,30,34)/t16-,17-,18+,19-,20-,21-,22-,27+/m0/s1. The first-order valence-electron chi connectivity index (χ1n) is 13.5. The van der Waals surface area contributed by atoms with Crippen molar-refractivity contribution in [2.45, 2.75) is 111 Å². The second-order valence-corrected chi connectivity index (χ2v) is 11.5. The number of hydrogen-bond donors (Lipinski definition) is 4. The number of Topliss-reactive ketones (excluding diaryl/α,β-unsaturated/α-hetero) is 1. The molecule has 0 aliphatic carbocycles. The predicted octanol–water partition coefficient (Wildman–Crippen LogP) is 1.25. The van der Waals surface area contributed by atoms with Crippen LogP contribution in [0.25, 0.3) is 0 Å². The van der Waals surface area contributed by atoms with Crippen LogP contribution in [0.2, 0.25) is 0 Å². The van der Waals surface area contributed by atoms with Crippen LogP contribution in [0, 0.1) is 17.8 Å². The maximum absolute atomic E-state index is 13.4. The molecule has 3 amide bonds. The molecule has 10 nitrogen and oxygen atoms in total. The molecular weight excluding hydrogens is 476 g/mol. The van der Waals surface area contributed by atoms with Gasteiger partial charge in [0, 0.05) is 0 Å². The Labute approximate surface area is 222 Å². The van der Waals surface area contributed by atoms with Gasteiger partial charge in [-0.1, -0.05) is 54.4 Å². The molecule has 10 heteroatoms. The number of carbonyl (C=O) groups excluding carboxylic acids is 4. The van der Waals surface area contributed by atoms with E-state index in [9.17, 15) is 24.3 Å². The molecule has 0 unspecified atom stereocenters. The van der Waals surface area contributed by atoms with Gasteiger partial charge in [0.15, 0.2) is 5.78 Å². The fourth-order valence-corrected chi connectivity index (χ4v) is 4.40. The fourth-order valence-electron chi connectivity index (χ4n) is 4.40. The average molecular weight is 527 g/mol. The van der Waals surface area contributed by atoms with Crippen LogP contribution < -0.4 is 16.0 Å². The van der Waals surface area contributed by atoms with Gasteiger partial charge in [0.05, 0.1) is 24.8 Å². The number of amides is 3. The Morgan fingerprint density at radius 2 is 1.35 bits per heavy atom. The van der Waals surface area contributed by atoms with Gasteiger partial charge in [-0.25, -0.2) is 0 Å². The van der Waals surface area contributed by atoms with Crippen molar-refractivity contribution in [1.82, 2.24) is 20.9 Å². The van der Waals surface area contributed by atoms with Crippen LogP contribution in [0.4, 0.5) is 0 Å². The van der Waals surface area contributed by atoms with E-state index in [0.29, 0.717) is 19.4 Å². The molecule has 1 aliphatic heterocycles. The van der Waals surface area contributed by atoms with Crippen LogP contribution in [0.3, 0.4) is 0 Å². The molecule has 0 radical (unpaired) electrons. The van der Waals surface area contributed by atoms with E-state index >= 15 is 0 Å². The summed E-state index contributed by atoms with van der Waals surface area (Å²) in [6, 6.07) is -3.43. The first kappa shape index (κ1) is 33.0. The summed E-state index contributed by atoms with van der Waals surface area (Å²) in [5.74, 6) is -1.74. The number of aliphatic hydroxyl groups is 1. The van der Waals surface area contributed by atoms with Crippen LogP contribution in [-0.2, 0) is 23.9 Å². The Bertz CT molecular complexity index is 796. The number of carbonyl (C=O) groups is 4. The first-order valence-corrected chi connectivity index (χ1v) is 13.5. The number of aliphatic hydroxyl groups excluding tert-OH is 1. The molecule has 0 bridgehead atoms. The molecule has 0 saturated carbocycles. The normalized spacial score (nSPS) is 22.8. The SMILES string of the molecule is CC[C@H](C)[C@H](NC(=O)[C@H]([C@@H](C)CC)N(C)C)C(=O)N[C@H](C(=O)N[C@@H](CC(C)C)C(=O)[C@@]1(C)CO1)[C@@H](C)O. The zero-order valence-electron chi connectivity index (χ0n) is 24.4. The maximum atomic E-state index is 13.4. The zero-order chi connectivity index (χ0) is 28.7. The third-order valence-corrected chi connectivity index (χ3v) is 7.30. The molecule has 0 aromatic carbocycles. The lowest BCUT2D eigenvalue weighted by atomic mass is 9.93. The summed E-state index contributed by atoms with van der Waals surface area (Å²) in [5, 5.41) is 18.6. The van der Waals surface area contributed by atoms with Crippen molar-refractivity contribution in [2.75, 3.05) is 20.7 Å². The van der Waals surface area contributed by atoms with Gasteiger partial charge < -0.3 is 25.8 Å². The molecule has 0 aromatic rings. The van der Waals surface area contributed by atoms with Crippen molar-refractivity contribution < 1.29 is 29.0 Å². The van der Waals surface area contributed by atoms with Gasteiger partial charge in [0.2, 0.25) is 17.7 Å². The van der Waals surface area contributed by atoms with Crippen molar-refractivity contribution in [2.24, 2.45) is 17.8 Å². The first-order chi connectivity index (χ1) is 17.1. The van der Waals surface area contributed by atoms with Crippen molar-refractivity contribution >= 4 is 23.5 Å². The minimum absolute atomic E-state index is 0.0689. The van der Waals surface area contributed by atoms with Crippen molar-refractivity contribution in [3.05, 3.63) is 0 Å². The van der Waals surface area contributed by atoms with E-state index in [0.717, 1.165) is 6.42 Å². The van der Waals surface area contributed by atoms with Gasteiger partial charge in [0.1, 0.15) is 17.7 Å². The summed E-state index contributed by atoms with van der Waals surface area (Å²) in [5.41, 5.74) is -0.916. The minimum atomic E-state index is -1.30. The summed E-state index contributed by atoms with van der Waals surface area (Å²) in [6.45, 7) is 15.0. The van der Waals surface area contributed by atoms with Crippen LogP contribution >= 0.6 is 0 Å². The lowest BCUT2D eigenvalue weighted by molar-refractivity contribution is -0.137. The Morgan fingerprint density at radius 1 is 0.865 bits per heavy atom. The van der Waals surface area contributed by atoms with Crippen molar-refractivity contribution in [3.63, 3.8) is 0 Å². The molecule has 8 atom stereocenters. The average Bonchev–Trinajstić information content (AvgIpc) is 3.56. The minimum Gasteiger partial charge on any atom is -0.391 e. The fraction of sp³-hybridized carbons (Fsp3) is 0.852. The van der Waals surface area contributed by atoms with Gasteiger partial charge in [-0.15, -0.1) is 0 Å². The third kappa shape index (κ3) is 9.33. The summed E-state index contributed by atoms with van der Waals surface area (Å²) in [4.78, 5) is 54.5. The number of rotatable bonds is 16. The molecule has 0 spiro atoms. The largest absolute Gasteiger partial charge is 0.391 e. The molecule has 4 N–H and O–H groups in total. The lowest BCUT2D eigenvalue weighted by Gasteiger charge is -2.32. The molecular formula is C27H50N4O6. The molecule has 1 saturated heterocycles. The van der Waals surface area contributed by atoms with E-state index in [1.54, 1.807) is 6.92 Å². The third-order valence-electron chi connectivity index (χ3n) is 7.30. The number of likely N-dealkylation sites (N-methyl/N-ethyl adjacent to an activating group) is 1. The highest BCUT2D eigenvalue weighted by molar-refractivity contribution is 5.98. The Kier molecular flexibility index (Phi) is 12.7. The molecule has 1 aliphatic rings. The molecule has 37 heavy (non-hydrogen) atoms. The maximum Gasteiger partial charge on any atom is 0.245 e. The highest BCUT2D eigenvalue weighted by Crippen LogP contribution is 2.29. The lowest BCUT2D eigenvalue weighted by Crippen LogP contribution is -2.61. The molecule has 214 valence electrons. The summed E-state index contributed by atoms with van der Waals surface area (Å²) in [7, 11) is 3.65. The van der Waals surface area contributed by atoms with Crippen LogP contribution in [0.15, 0.2) is 0 Å². The molecule has 1 heterocycles. The highest BCUT2D eigenvalue weighted by Gasteiger charge is 2.50. The van der Waals surface area contributed by atoms with E-state index in [-0.39, 0.29) is 29.4 Å². The number of ketones is 1. The Hall–Kier alpha value is -2.04. The van der Waals surface area contributed by atoms with Gasteiger partial charge >= 0.3 is 0 Å². The highest BCUT2D eigenvalue weighted by atomic mass is 16.6. The summed E-state index contributed by atoms with van der Waals surface area (Å²) >= 11 is 0. The quantitative estimate of drug-likeness (QED) is 0.222. The zero-order valence-corrected chi connectivity index (χ0v) is 24.4. The predicted molar refractivity (Wildman–Crippen MR) is 143 cm³/mol. The number of ether oxygens (including phenoxy) is 1. The van der Waals surface area contributed by atoms with E-state index in [1.807, 2.05) is 60.5 Å². The van der Waals surface area contributed by atoms with Gasteiger partial charge in [0.25, 0.3) is 0 Å². The van der Waals surface area contributed by atoms with Crippen LogP contribution in [-0.4, -0.2) is 90.1 Å². The number of epoxide rings is 1. The van der Waals surface area contributed by atoms with E-state index < -0.39 is 47.7 Å². The smallest absolute Gasteiger partial charge is 0.245 e. The second-order valence-electron chi connectivity index (χ2n) is 11.5. The van der Waals surface area contributed by atoms with Gasteiger partial charge in [-0.3, -0.25) is 24.1 Å². The monoisotopic (exact) mass is 526 g/mol. The van der Waals surface area contributed by atoms with E-state index in [1.165, 1.54) is 6.92 Å². The van der Waals surface area contributed by atoms with Gasteiger partial charge in [-0.2, -0.15) is 0 Å². The van der Waals surface area contributed by atoms with Crippen LogP contribution in [0.5, 0.6) is 0 Å². The molecule has 1 fully saturated rings. The molecule has 0 aromatic heterocycles.